The molecule has 13 heteroatoms. The fourth-order valence-electron chi connectivity index (χ4n) is 4.17. The Morgan fingerprint density at radius 1 is 1.23 bits per heavy atom. The van der Waals surface area contributed by atoms with E-state index in [0.29, 0.717) is 6.33 Å². The summed E-state index contributed by atoms with van der Waals surface area (Å²) >= 11 is 12.5. The van der Waals surface area contributed by atoms with Gasteiger partial charge >= 0.3 is 6.10 Å². The van der Waals surface area contributed by atoms with Crippen molar-refractivity contribution in [2.45, 2.75) is 18.1 Å². The summed E-state index contributed by atoms with van der Waals surface area (Å²) in [5, 5.41) is 30.7. The summed E-state index contributed by atoms with van der Waals surface area (Å²) in [4.78, 5) is 30.1. The number of likely N-dealkylation sites (tertiary alicyclic amines) is 1. The number of carbonyl (C=O) groups is 1. The maximum Gasteiger partial charge on any atom is 0.377 e. The summed E-state index contributed by atoms with van der Waals surface area (Å²) in [5.41, 5.74) is -3.10. The number of nitrogens with one attached hydrogen (secondary N) is 1. The molecular weight excluding hydrogens is 509 g/mol. The van der Waals surface area contributed by atoms with E-state index in [2.05, 4.69) is 16.9 Å². The van der Waals surface area contributed by atoms with Crippen molar-refractivity contribution in [1.82, 2.24) is 14.5 Å². The number of rotatable bonds is 5. The largest absolute Gasteiger partial charge is 0.377 e. The number of hydrogen-bond donors (Lipinski definition) is 4. The molecule has 1 fully saturated rings. The molecule has 0 saturated carbocycles. The number of halogens is 4. The number of aliphatic hydroxyl groups is 3. The Bertz CT molecular complexity index is 1430. The van der Waals surface area contributed by atoms with Crippen LogP contribution < -0.4 is 10.9 Å². The molecule has 1 amide bonds. The minimum absolute atomic E-state index is 0.0361. The third kappa shape index (κ3) is 4.37. The highest BCUT2D eigenvalue weighted by Gasteiger charge is 2.45. The Morgan fingerprint density at radius 2 is 1.94 bits per heavy atom. The van der Waals surface area contributed by atoms with Crippen molar-refractivity contribution in [1.29, 1.82) is 0 Å². The lowest BCUT2D eigenvalue weighted by molar-refractivity contribution is -0.377. The van der Waals surface area contributed by atoms with Gasteiger partial charge in [-0.05, 0) is 30.7 Å². The van der Waals surface area contributed by atoms with Gasteiger partial charge in [-0.2, -0.15) is 0 Å². The second kappa shape index (κ2) is 8.85. The van der Waals surface area contributed by atoms with Crippen LogP contribution in [0.5, 0.6) is 0 Å². The third-order valence-electron chi connectivity index (χ3n) is 5.82. The smallest absolute Gasteiger partial charge is 0.371 e. The number of benzene rings is 2. The van der Waals surface area contributed by atoms with Crippen LogP contribution in [0.2, 0.25) is 10.0 Å². The third-order valence-corrected chi connectivity index (χ3v) is 6.63. The Hall–Kier alpha value is -3.09. The van der Waals surface area contributed by atoms with Crippen LogP contribution in [0.4, 0.5) is 14.5 Å². The van der Waals surface area contributed by atoms with Crippen LogP contribution in [-0.4, -0.2) is 48.8 Å². The fraction of sp³-hybridized carbons (Fsp3) is 0.227. The van der Waals surface area contributed by atoms with Gasteiger partial charge in [0.15, 0.2) is 0 Å². The van der Waals surface area contributed by atoms with Crippen molar-refractivity contribution in [2.24, 2.45) is 0 Å². The molecule has 0 aliphatic carbocycles. The van der Waals surface area contributed by atoms with E-state index in [1.807, 2.05) is 0 Å². The van der Waals surface area contributed by atoms with Crippen LogP contribution in [0, 0.1) is 11.6 Å². The van der Waals surface area contributed by atoms with Crippen molar-refractivity contribution in [3.8, 4) is 0 Å². The summed E-state index contributed by atoms with van der Waals surface area (Å²) in [5.74, 6) is -2.07. The molecule has 2 aromatic carbocycles. The zero-order valence-corrected chi connectivity index (χ0v) is 19.3. The highest BCUT2D eigenvalue weighted by Crippen LogP contribution is 2.43. The summed E-state index contributed by atoms with van der Waals surface area (Å²) in [6.07, 6.45) is -1.74. The van der Waals surface area contributed by atoms with Gasteiger partial charge in [0.05, 0.1) is 32.2 Å². The lowest BCUT2D eigenvalue weighted by atomic mass is 9.87. The molecule has 9 nitrogen and oxygen atoms in total. The molecule has 4 N–H and O–H groups in total. The maximum absolute atomic E-state index is 15.1. The molecule has 2 heterocycles. The average Bonchev–Trinajstić information content (AvgIpc) is 3.21. The predicted molar refractivity (Wildman–Crippen MR) is 124 cm³/mol. The lowest BCUT2D eigenvalue weighted by Crippen LogP contribution is -2.42. The van der Waals surface area contributed by atoms with E-state index in [1.165, 1.54) is 11.0 Å². The number of carbonyl (C=O) groups excluding carboxylic acids is 1. The number of anilines is 1. The zero-order valence-electron chi connectivity index (χ0n) is 17.8. The zero-order chi connectivity index (χ0) is 25.7. The van der Waals surface area contributed by atoms with E-state index in [4.69, 9.17) is 23.2 Å². The number of nitrogens with zero attached hydrogens (tertiary/aromatic N) is 3. The molecule has 0 spiro atoms. The number of hydrogen-bond acceptors (Lipinski definition) is 7. The van der Waals surface area contributed by atoms with E-state index in [-0.39, 0.29) is 56.3 Å². The quantitative estimate of drug-likeness (QED) is 0.228. The van der Waals surface area contributed by atoms with Crippen LogP contribution in [-0.2, 0) is 16.4 Å². The second-order valence-electron chi connectivity index (χ2n) is 8.01. The maximum atomic E-state index is 15.1. The number of aromatic nitrogens is 2. The molecule has 3 aromatic rings. The van der Waals surface area contributed by atoms with Crippen molar-refractivity contribution >= 4 is 45.7 Å². The second-order valence-corrected chi connectivity index (χ2v) is 8.79. The molecule has 1 aromatic heterocycles. The van der Waals surface area contributed by atoms with Crippen molar-refractivity contribution in [2.75, 3.05) is 18.4 Å². The van der Waals surface area contributed by atoms with Crippen LogP contribution in [0.3, 0.4) is 0 Å². The first kappa shape index (κ1) is 25.0. The van der Waals surface area contributed by atoms with Crippen molar-refractivity contribution in [3.05, 3.63) is 80.8 Å². The topological polar surface area (TPSA) is 128 Å². The van der Waals surface area contributed by atoms with Gasteiger partial charge in [0.2, 0.25) is 5.91 Å². The highest BCUT2D eigenvalue weighted by molar-refractivity contribution is 6.42. The summed E-state index contributed by atoms with van der Waals surface area (Å²) < 4.78 is 30.3. The molecule has 1 saturated heterocycles. The molecule has 4 rings (SSSR count). The summed E-state index contributed by atoms with van der Waals surface area (Å²) in [7, 11) is 0. The van der Waals surface area contributed by atoms with Gasteiger partial charge in [-0.1, -0.05) is 29.8 Å². The van der Waals surface area contributed by atoms with E-state index >= 15 is 8.78 Å². The van der Waals surface area contributed by atoms with Crippen molar-refractivity contribution < 1.29 is 28.9 Å². The Kier molecular flexibility index (Phi) is 6.32. The van der Waals surface area contributed by atoms with Crippen molar-refractivity contribution in [3.63, 3.8) is 0 Å². The van der Waals surface area contributed by atoms with Gasteiger partial charge in [-0.15, -0.1) is 0 Å². The predicted octanol–water partition coefficient (Wildman–Crippen LogP) is 2.25. The molecule has 1 unspecified atom stereocenters. The highest BCUT2D eigenvalue weighted by atomic mass is 35.5. The Labute approximate surface area is 206 Å². The van der Waals surface area contributed by atoms with E-state index in [9.17, 15) is 24.9 Å². The van der Waals surface area contributed by atoms with E-state index in [0.717, 1.165) is 24.3 Å². The Balaban J connectivity index is 1.91. The molecule has 35 heavy (non-hydrogen) atoms. The molecule has 1 aliphatic heterocycles. The standard InChI is InChI=1S/C22H18Cl2F2N4O5/c1-2-17(31)29-6-5-21(9-29,18-13(25)4-3-12(23)19(18)24)28-16-7-11-15(8-14(16)26)27-10-30(20(11)32)22(33,34)35/h2-4,7-8,10,28,33-35H,1,5-6,9H2. The summed E-state index contributed by atoms with van der Waals surface area (Å²) in [6.45, 7) is 3.45. The van der Waals surface area contributed by atoms with Gasteiger partial charge in [-0.25, -0.2) is 18.3 Å². The fourth-order valence-corrected chi connectivity index (χ4v) is 4.66. The molecule has 184 valence electrons. The molecule has 1 atom stereocenters. The normalized spacial score (nSPS) is 18.2. The van der Waals surface area contributed by atoms with Gasteiger partial charge in [0.25, 0.3) is 5.56 Å². The van der Waals surface area contributed by atoms with E-state index < -0.39 is 34.7 Å². The van der Waals surface area contributed by atoms with Gasteiger partial charge in [-0.3, -0.25) is 9.59 Å². The number of amides is 1. The minimum atomic E-state index is -3.55. The van der Waals surface area contributed by atoms with E-state index in [1.54, 1.807) is 0 Å². The lowest BCUT2D eigenvalue weighted by Gasteiger charge is -2.33. The van der Waals surface area contributed by atoms with Crippen LogP contribution >= 0.6 is 23.2 Å². The molecular formula is C22H18Cl2F2N4O5. The summed E-state index contributed by atoms with van der Waals surface area (Å²) in [6, 6.07) is 4.28. The first-order valence-electron chi connectivity index (χ1n) is 10.1. The van der Waals surface area contributed by atoms with Crippen LogP contribution in [0.1, 0.15) is 12.0 Å². The molecule has 1 aliphatic rings. The van der Waals surface area contributed by atoms with Crippen LogP contribution in [0.25, 0.3) is 10.9 Å². The Morgan fingerprint density at radius 3 is 2.60 bits per heavy atom. The first-order chi connectivity index (χ1) is 16.4. The molecule has 0 bridgehead atoms. The van der Waals surface area contributed by atoms with Crippen LogP contribution in [0.15, 0.2) is 48.0 Å². The SMILES string of the molecule is C=CC(=O)N1CCC(Nc2cc3c(=O)n(C(O)(O)O)cnc3cc2F)(c2c(F)ccc(Cl)c2Cl)C1. The minimum Gasteiger partial charge on any atom is -0.371 e. The van der Waals surface area contributed by atoms with Gasteiger partial charge < -0.3 is 25.5 Å². The number of fused-ring (bicyclic) bond motifs is 1. The average molecular weight is 527 g/mol. The monoisotopic (exact) mass is 526 g/mol. The van der Waals surface area contributed by atoms with Gasteiger partial charge in [0, 0.05) is 24.7 Å². The first-order valence-corrected chi connectivity index (χ1v) is 10.9. The van der Waals surface area contributed by atoms with Gasteiger partial charge in [0.1, 0.15) is 18.0 Å². The molecule has 0 radical (unpaired) electrons.